The Kier molecular flexibility index (Phi) is 8.72. The van der Waals surface area contributed by atoms with Crippen molar-refractivity contribution in [1.29, 1.82) is 0 Å². The summed E-state index contributed by atoms with van der Waals surface area (Å²) >= 11 is 0. The van der Waals surface area contributed by atoms with E-state index in [9.17, 15) is 0 Å². The second-order valence-corrected chi connectivity index (χ2v) is 5.50. The van der Waals surface area contributed by atoms with Gasteiger partial charge in [-0.1, -0.05) is 52.4 Å². The second kappa shape index (κ2) is 9.90. The highest BCUT2D eigenvalue weighted by Crippen LogP contribution is 2.09. The van der Waals surface area contributed by atoms with Crippen molar-refractivity contribution < 1.29 is 0 Å². The minimum absolute atomic E-state index is 1.23. The van der Waals surface area contributed by atoms with Crippen LogP contribution < -0.4 is 0 Å². The Labute approximate surface area is 108 Å². The molecule has 102 valence electrons. The molecule has 0 aromatic rings. The highest BCUT2D eigenvalue weighted by Gasteiger charge is 2.18. The van der Waals surface area contributed by atoms with Crippen LogP contribution in [-0.2, 0) is 0 Å². The molecular formula is C15H32N2. The van der Waals surface area contributed by atoms with Crippen molar-refractivity contribution in [3.63, 3.8) is 0 Å². The molecule has 1 aliphatic rings. The third-order valence-corrected chi connectivity index (χ3v) is 3.79. The van der Waals surface area contributed by atoms with Crippen molar-refractivity contribution in [2.75, 3.05) is 32.8 Å². The van der Waals surface area contributed by atoms with Gasteiger partial charge in [0.1, 0.15) is 0 Å². The molecule has 1 rings (SSSR count). The van der Waals surface area contributed by atoms with Crippen LogP contribution in [0.3, 0.4) is 0 Å². The topological polar surface area (TPSA) is 6.48 Å². The summed E-state index contributed by atoms with van der Waals surface area (Å²) in [4.78, 5) is 5.27. The average molecular weight is 240 g/mol. The molecule has 0 aromatic heterocycles. The maximum atomic E-state index is 2.63. The van der Waals surface area contributed by atoms with Crippen molar-refractivity contribution in [3.8, 4) is 0 Å². The van der Waals surface area contributed by atoms with E-state index in [1.165, 1.54) is 84.2 Å². The Morgan fingerprint density at radius 3 is 1.53 bits per heavy atom. The molecule has 0 saturated carbocycles. The smallest absolute Gasteiger partial charge is 0.0507 e. The van der Waals surface area contributed by atoms with Crippen molar-refractivity contribution in [1.82, 2.24) is 9.80 Å². The predicted molar refractivity (Wildman–Crippen MR) is 76.3 cm³/mol. The van der Waals surface area contributed by atoms with E-state index in [0.29, 0.717) is 0 Å². The average Bonchev–Trinajstić information content (AvgIpc) is 2.78. The first kappa shape index (κ1) is 15.0. The second-order valence-electron chi connectivity index (χ2n) is 5.50. The summed E-state index contributed by atoms with van der Waals surface area (Å²) in [5.74, 6) is 0. The molecule has 1 heterocycles. The van der Waals surface area contributed by atoms with Gasteiger partial charge in [0.2, 0.25) is 0 Å². The molecule has 2 heteroatoms. The van der Waals surface area contributed by atoms with Gasteiger partial charge in [-0.25, -0.2) is 0 Å². The molecule has 0 radical (unpaired) electrons. The van der Waals surface area contributed by atoms with Crippen molar-refractivity contribution in [2.24, 2.45) is 0 Å². The lowest BCUT2D eigenvalue weighted by Gasteiger charge is -2.17. The van der Waals surface area contributed by atoms with Gasteiger partial charge in [-0.3, -0.25) is 9.80 Å². The molecule has 0 spiro atoms. The molecule has 1 fully saturated rings. The summed E-state index contributed by atoms with van der Waals surface area (Å²) < 4.78 is 0. The Morgan fingerprint density at radius 2 is 1.12 bits per heavy atom. The van der Waals surface area contributed by atoms with Gasteiger partial charge in [-0.15, -0.1) is 0 Å². The molecule has 0 aliphatic carbocycles. The van der Waals surface area contributed by atoms with Gasteiger partial charge < -0.3 is 0 Å². The largest absolute Gasteiger partial charge is 0.289 e. The van der Waals surface area contributed by atoms with E-state index in [2.05, 4.69) is 23.6 Å². The number of nitrogens with zero attached hydrogens (tertiary/aromatic N) is 2. The first-order valence-corrected chi connectivity index (χ1v) is 7.81. The third-order valence-electron chi connectivity index (χ3n) is 3.79. The monoisotopic (exact) mass is 240 g/mol. The van der Waals surface area contributed by atoms with Gasteiger partial charge in [0, 0.05) is 13.1 Å². The lowest BCUT2D eigenvalue weighted by Crippen LogP contribution is -2.27. The summed E-state index contributed by atoms with van der Waals surface area (Å²) in [6, 6.07) is 0. The minimum atomic E-state index is 1.23. The van der Waals surface area contributed by atoms with E-state index in [-0.39, 0.29) is 0 Å². The minimum Gasteiger partial charge on any atom is -0.289 e. The van der Waals surface area contributed by atoms with E-state index in [1.54, 1.807) is 0 Å². The van der Waals surface area contributed by atoms with E-state index in [1.807, 2.05) is 0 Å². The molecule has 0 unspecified atom stereocenters. The molecule has 2 nitrogen and oxygen atoms in total. The molecular weight excluding hydrogens is 208 g/mol. The van der Waals surface area contributed by atoms with Crippen molar-refractivity contribution >= 4 is 0 Å². The van der Waals surface area contributed by atoms with Gasteiger partial charge in [0.05, 0.1) is 6.67 Å². The molecule has 1 saturated heterocycles. The normalized spacial score (nSPS) is 18.0. The zero-order valence-corrected chi connectivity index (χ0v) is 12.1. The number of hydrogen-bond donors (Lipinski definition) is 0. The Morgan fingerprint density at radius 1 is 0.647 bits per heavy atom. The van der Waals surface area contributed by atoms with Gasteiger partial charge in [-0.2, -0.15) is 0 Å². The van der Waals surface area contributed by atoms with Gasteiger partial charge in [-0.05, 0) is 25.9 Å². The molecule has 0 N–H and O–H groups in total. The fourth-order valence-corrected chi connectivity index (χ4v) is 2.60. The standard InChI is InChI=1S/C15H32N2/c1-3-5-7-9-11-16-13-14-17(15-16)12-10-8-6-4-2/h3-15H2,1-2H3. The lowest BCUT2D eigenvalue weighted by molar-refractivity contribution is 0.239. The maximum Gasteiger partial charge on any atom is 0.0507 e. The third kappa shape index (κ3) is 7.05. The molecule has 0 atom stereocenters. The Balaban J connectivity index is 1.95. The number of hydrogen-bond acceptors (Lipinski definition) is 2. The van der Waals surface area contributed by atoms with E-state index < -0.39 is 0 Å². The summed E-state index contributed by atoms with van der Waals surface area (Å²) in [5.41, 5.74) is 0. The quantitative estimate of drug-likeness (QED) is 0.537. The maximum absolute atomic E-state index is 2.63. The molecule has 0 bridgehead atoms. The Bertz CT molecular complexity index is 152. The SMILES string of the molecule is CCCCCCN1CCN(CCCCCC)C1. The summed E-state index contributed by atoms with van der Waals surface area (Å²) in [5, 5.41) is 0. The van der Waals surface area contributed by atoms with Crippen LogP contribution in [0.25, 0.3) is 0 Å². The van der Waals surface area contributed by atoms with Crippen LogP contribution in [-0.4, -0.2) is 42.6 Å². The summed E-state index contributed by atoms with van der Waals surface area (Å²) in [6.07, 6.45) is 11.2. The molecule has 17 heavy (non-hydrogen) atoms. The van der Waals surface area contributed by atoms with Gasteiger partial charge in [0.25, 0.3) is 0 Å². The zero-order chi connectivity index (χ0) is 12.3. The van der Waals surface area contributed by atoms with E-state index in [0.717, 1.165) is 0 Å². The van der Waals surface area contributed by atoms with E-state index in [4.69, 9.17) is 0 Å². The first-order chi connectivity index (χ1) is 8.36. The zero-order valence-electron chi connectivity index (χ0n) is 12.1. The van der Waals surface area contributed by atoms with Crippen LogP contribution in [0.1, 0.15) is 65.2 Å². The summed E-state index contributed by atoms with van der Waals surface area (Å²) in [6.45, 7) is 11.1. The summed E-state index contributed by atoms with van der Waals surface area (Å²) in [7, 11) is 0. The van der Waals surface area contributed by atoms with Crippen molar-refractivity contribution in [3.05, 3.63) is 0 Å². The van der Waals surface area contributed by atoms with Crippen LogP contribution in [0.15, 0.2) is 0 Å². The van der Waals surface area contributed by atoms with Crippen molar-refractivity contribution in [2.45, 2.75) is 65.2 Å². The van der Waals surface area contributed by atoms with Crippen LogP contribution in [0.4, 0.5) is 0 Å². The van der Waals surface area contributed by atoms with Crippen LogP contribution in [0.2, 0.25) is 0 Å². The van der Waals surface area contributed by atoms with Crippen LogP contribution >= 0.6 is 0 Å². The fraction of sp³-hybridized carbons (Fsp3) is 1.00. The van der Waals surface area contributed by atoms with Gasteiger partial charge in [0.15, 0.2) is 0 Å². The Hall–Kier alpha value is -0.0800. The molecule has 1 aliphatic heterocycles. The van der Waals surface area contributed by atoms with Gasteiger partial charge >= 0.3 is 0 Å². The first-order valence-electron chi connectivity index (χ1n) is 7.81. The fourth-order valence-electron chi connectivity index (χ4n) is 2.60. The van der Waals surface area contributed by atoms with Crippen LogP contribution in [0.5, 0.6) is 0 Å². The highest BCUT2D eigenvalue weighted by atomic mass is 15.4. The molecule has 0 amide bonds. The van der Waals surface area contributed by atoms with E-state index >= 15 is 0 Å². The lowest BCUT2D eigenvalue weighted by atomic mass is 10.2. The number of rotatable bonds is 10. The highest BCUT2D eigenvalue weighted by molar-refractivity contribution is 4.70. The van der Waals surface area contributed by atoms with Crippen LogP contribution in [0, 0.1) is 0 Å². The molecule has 0 aromatic carbocycles. The predicted octanol–water partition coefficient (Wildman–Crippen LogP) is 3.72. The number of unbranched alkanes of at least 4 members (excludes halogenated alkanes) is 6.